The van der Waals surface area contributed by atoms with E-state index in [1.165, 1.54) is 0 Å². The summed E-state index contributed by atoms with van der Waals surface area (Å²) >= 11 is 0. The van der Waals surface area contributed by atoms with Crippen LogP contribution in [0.3, 0.4) is 0 Å². The minimum atomic E-state index is -0.445. The first-order chi connectivity index (χ1) is 7.61. The third kappa shape index (κ3) is 2.28. The molecule has 1 aromatic carbocycles. The van der Waals surface area contributed by atoms with Gasteiger partial charge in [0.1, 0.15) is 0 Å². The second-order valence-corrected chi connectivity index (χ2v) is 3.99. The Morgan fingerprint density at radius 3 is 2.31 bits per heavy atom. The van der Waals surface area contributed by atoms with Crippen LogP contribution >= 0.6 is 0 Å². The van der Waals surface area contributed by atoms with Crippen molar-refractivity contribution >= 4 is 0 Å². The van der Waals surface area contributed by atoms with E-state index in [1.807, 2.05) is 25.1 Å². The molecule has 0 radical (unpaired) electrons. The van der Waals surface area contributed by atoms with E-state index in [9.17, 15) is 5.11 Å². The summed E-state index contributed by atoms with van der Waals surface area (Å²) in [4.78, 5) is 0. The van der Waals surface area contributed by atoms with Crippen molar-refractivity contribution in [2.45, 2.75) is 12.3 Å². The molecule has 1 aromatic rings. The van der Waals surface area contributed by atoms with Crippen LogP contribution in [0.1, 0.15) is 12.5 Å². The van der Waals surface area contributed by atoms with Gasteiger partial charge in [-0.2, -0.15) is 0 Å². The second kappa shape index (κ2) is 5.18. The minimum Gasteiger partial charge on any atom is -0.493 e. The standard InChI is InChI=1S/C12H19NO3/c1-12(7-13,8-14)9-4-5-10(15-2)11(6-9)16-3/h4-6,14H,7-8,13H2,1-3H3. The van der Waals surface area contributed by atoms with E-state index in [2.05, 4.69) is 0 Å². The molecule has 0 saturated heterocycles. The third-order valence-electron chi connectivity index (χ3n) is 2.88. The summed E-state index contributed by atoms with van der Waals surface area (Å²) < 4.78 is 10.4. The van der Waals surface area contributed by atoms with Gasteiger partial charge in [-0.3, -0.25) is 0 Å². The molecule has 0 aliphatic rings. The number of benzene rings is 1. The van der Waals surface area contributed by atoms with Gasteiger partial charge in [0.2, 0.25) is 0 Å². The Bertz CT molecular complexity index is 348. The van der Waals surface area contributed by atoms with Crippen LogP contribution in [0.2, 0.25) is 0 Å². The fraction of sp³-hybridized carbons (Fsp3) is 0.500. The van der Waals surface area contributed by atoms with E-state index in [0.29, 0.717) is 18.0 Å². The van der Waals surface area contributed by atoms with Gasteiger partial charge in [0.25, 0.3) is 0 Å². The molecule has 0 aromatic heterocycles. The molecule has 0 aliphatic heterocycles. The normalized spacial score (nSPS) is 14.3. The molecule has 0 fully saturated rings. The molecule has 1 unspecified atom stereocenters. The Balaban J connectivity index is 3.16. The fourth-order valence-electron chi connectivity index (χ4n) is 1.49. The van der Waals surface area contributed by atoms with E-state index >= 15 is 0 Å². The second-order valence-electron chi connectivity index (χ2n) is 3.99. The van der Waals surface area contributed by atoms with Crippen LogP contribution < -0.4 is 15.2 Å². The van der Waals surface area contributed by atoms with Gasteiger partial charge in [0.05, 0.1) is 20.8 Å². The molecule has 0 spiro atoms. The van der Waals surface area contributed by atoms with E-state index in [-0.39, 0.29) is 6.61 Å². The molecule has 90 valence electrons. The molecule has 1 rings (SSSR count). The quantitative estimate of drug-likeness (QED) is 0.782. The zero-order valence-corrected chi connectivity index (χ0v) is 9.99. The Hall–Kier alpha value is -1.26. The average molecular weight is 225 g/mol. The maximum absolute atomic E-state index is 9.38. The van der Waals surface area contributed by atoms with Crippen molar-refractivity contribution in [3.63, 3.8) is 0 Å². The van der Waals surface area contributed by atoms with Gasteiger partial charge in [0, 0.05) is 12.0 Å². The number of aliphatic hydroxyl groups is 1. The summed E-state index contributed by atoms with van der Waals surface area (Å²) in [5.74, 6) is 1.32. The number of methoxy groups -OCH3 is 2. The lowest BCUT2D eigenvalue weighted by molar-refractivity contribution is 0.210. The maximum Gasteiger partial charge on any atom is 0.161 e. The third-order valence-corrected chi connectivity index (χ3v) is 2.88. The molecule has 0 aliphatic carbocycles. The van der Waals surface area contributed by atoms with Crippen LogP contribution in [0.5, 0.6) is 11.5 Å². The lowest BCUT2D eigenvalue weighted by atomic mass is 9.83. The first-order valence-electron chi connectivity index (χ1n) is 5.14. The van der Waals surface area contributed by atoms with Crippen LogP contribution in [-0.2, 0) is 5.41 Å². The van der Waals surface area contributed by atoms with Crippen molar-refractivity contribution in [1.29, 1.82) is 0 Å². The van der Waals surface area contributed by atoms with E-state index in [1.54, 1.807) is 14.2 Å². The fourth-order valence-corrected chi connectivity index (χ4v) is 1.49. The van der Waals surface area contributed by atoms with Crippen molar-refractivity contribution in [2.75, 3.05) is 27.4 Å². The predicted octanol–water partition coefficient (Wildman–Crippen LogP) is 0.912. The molecule has 1 atom stereocenters. The number of aliphatic hydroxyl groups excluding tert-OH is 1. The van der Waals surface area contributed by atoms with Crippen molar-refractivity contribution in [2.24, 2.45) is 5.73 Å². The topological polar surface area (TPSA) is 64.7 Å². The smallest absolute Gasteiger partial charge is 0.161 e. The van der Waals surface area contributed by atoms with E-state index in [4.69, 9.17) is 15.2 Å². The predicted molar refractivity (Wildman–Crippen MR) is 63.0 cm³/mol. The number of hydrogen-bond acceptors (Lipinski definition) is 4. The molecular formula is C12H19NO3. The van der Waals surface area contributed by atoms with Gasteiger partial charge in [-0.15, -0.1) is 0 Å². The number of nitrogens with two attached hydrogens (primary N) is 1. The highest BCUT2D eigenvalue weighted by Crippen LogP contribution is 2.32. The first kappa shape index (κ1) is 12.8. The molecule has 3 N–H and O–H groups in total. The zero-order chi connectivity index (χ0) is 12.2. The molecular weight excluding hydrogens is 206 g/mol. The average Bonchev–Trinajstić information content (AvgIpc) is 2.36. The summed E-state index contributed by atoms with van der Waals surface area (Å²) in [7, 11) is 3.17. The highest BCUT2D eigenvalue weighted by atomic mass is 16.5. The Kier molecular flexibility index (Phi) is 4.15. The SMILES string of the molecule is COc1ccc(C(C)(CN)CO)cc1OC. The van der Waals surface area contributed by atoms with Crippen LogP contribution in [0.15, 0.2) is 18.2 Å². The first-order valence-corrected chi connectivity index (χ1v) is 5.14. The van der Waals surface area contributed by atoms with E-state index < -0.39 is 5.41 Å². The summed E-state index contributed by atoms with van der Waals surface area (Å²) in [5, 5.41) is 9.38. The van der Waals surface area contributed by atoms with Gasteiger partial charge in [-0.25, -0.2) is 0 Å². The molecule has 4 nitrogen and oxygen atoms in total. The van der Waals surface area contributed by atoms with Crippen LogP contribution in [0, 0.1) is 0 Å². The molecule has 0 amide bonds. The molecule has 0 saturated carbocycles. The maximum atomic E-state index is 9.38. The Morgan fingerprint density at radius 2 is 1.88 bits per heavy atom. The van der Waals surface area contributed by atoms with Crippen molar-refractivity contribution in [3.05, 3.63) is 23.8 Å². The molecule has 16 heavy (non-hydrogen) atoms. The number of rotatable bonds is 5. The highest BCUT2D eigenvalue weighted by molar-refractivity contribution is 5.45. The lowest BCUT2D eigenvalue weighted by Gasteiger charge is -2.26. The van der Waals surface area contributed by atoms with Crippen molar-refractivity contribution in [3.8, 4) is 11.5 Å². The minimum absolute atomic E-state index is 0.00101. The largest absolute Gasteiger partial charge is 0.493 e. The van der Waals surface area contributed by atoms with Gasteiger partial charge >= 0.3 is 0 Å². The van der Waals surface area contributed by atoms with Crippen molar-refractivity contribution < 1.29 is 14.6 Å². The lowest BCUT2D eigenvalue weighted by Crippen LogP contribution is -2.35. The Morgan fingerprint density at radius 1 is 1.25 bits per heavy atom. The summed E-state index contributed by atoms with van der Waals surface area (Å²) in [5.41, 5.74) is 6.17. The summed E-state index contributed by atoms with van der Waals surface area (Å²) in [6, 6.07) is 5.56. The Labute approximate surface area is 96.0 Å². The van der Waals surface area contributed by atoms with Gasteiger partial charge < -0.3 is 20.3 Å². The van der Waals surface area contributed by atoms with Crippen molar-refractivity contribution in [1.82, 2.24) is 0 Å². The summed E-state index contributed by atoms with van der Waals surface area (Å²) in [6.45, 7) is 2.28. The van der Waals surface area contributed by atoms with E-state index in [0.717, 1.165) is 5.56 Å². The molecule has 0 bridgehead atoms. The van der Waals surface area contributed by atoms with Crippen LogP contribution in [0.4, 0.5) is 0 Å². The number of hydrogen-bond donors (Lipinski definition) is 2. The molecule has 4 heteroatoms. The zero-order valence-electron chi connectivity index (χ0n) is 9.99. The highest BCUT2D eigenvalue weighted by Gasteiger charge is 2.25. The van der Waals surface area contributed by atoms with Crippen LogP contribution in [-0.4, -0.2) is 32.5 Å². The monoisotopic (exact) mass is 225 g/mol. The number of ether oxygens (including phenoxy) is 2. The van der Waals surface area contributed by atoms with Gasteiger partial charge in [-0.1, -0.05) is 13.0 Å². The summed E-state index contributed by atoms with van der Waals surface area (Å²) in [6.07, 6.45) is 0. The van der Waals surface area contributed by atoms with Crippen LogP contribution in [0.25, 0.3) is 0 Å². The van der Waals surface area contributed by atoms with Gasteiger partial charge in [0.15, 0.2) is 11.5 Å². The molecule has 0 heterocycles. The van der Waals surface area contributed by atoms with Gasteiger partial charge in [-0.05, 0) is 17.7 Å².